The maximum atomic E-state index is 13.2. The highest BCUT2D eigenvalue weighted by molar-refractivity contribution is 6.07. The van der Waals surface area contributed by atoms with Crippen LogP contribution in [0.4, 0.5) is 4.79 Å². The summed E-state index contributed by atoms with van der Waals surface area (Å²) in [5.74, 6) is 0.239. The van der Waals surface area contributed by atoms with E-state index in [9.17, 15) is 14.7 Å². The van der Waals surface area contributed by atoms with E-state index in [-0.39, 0.29) is 17.7 Å². The van der Waals surface area contributed by atoms with Gasteiger partial charge in [0.25, 0.3) is 5.91 Å². The number of amides is 3. The van der Waals surface area contributed by atoms with Gasteiger partial charge in [-0.2, -0.15) is 0 Å². The third-order valence-electron chi connectivity index (χ3n) is 5.73. The zero-order chi connectivity index (χ0) is 19.6. The molecule has 1 spiro atoms. The van der Waals surface area contributed by atoms with Crippen LogP contribution in [0.5, 0.6) is 5.75 Å². The molecule has 2 heterocycles. The number of hydrogen-bond acceptors (Lipinski definition) is 5. The molecule has 0 unspecified atom stereocenters. The number of nitrogens with zero attached hydrogens (tertiary/aromatic N) is 4. The smallest absolute Gasteiger partial charge is 0.327 e. The number of phenolic OH excluding ortho intramolecular Hbond substituents is 1. The van der Waals surface area contributed by atoms with Gasteiger partial charge in [-0.05, 0) is 51.6 Å². The van der Waals surface area contributed by atoms with Gasteiger partial charge in [0, 0.05) is 39.3 Å². The summed E-state index contributed by atoms with van der Waals surface area (Å²) in [7, 11) is 3.89. The van der Waals surface area contributed by atoms with Gasteiger partial charge < -0.3 is 14.9 Å². The Morgan fingerprint density at radius 1 is 1.11 bits per heavy atom. The summed E-state index contributed by atoms with van der Waals surface area (Å²) in [6.45, 7) is 5.97. The van der Waals surface area contributed by atoms with E-state index in [0.29, 0.717) is 32.5 Å². The Labute approximate surface area is 161 Å². The topological polar surface area (TPSA) is 67.3 Å². The van der Waals surface area contributed by atoms with Crippen molar-refractivity contribution >= 4 is 11.9 Å². The second-order valence-electron chi connectivity index (χ2n) is 7.76. The quantitative estimate of drug-likeness (QED) is 0.766. The number of piperidine rings is 1. The summed E-state index contributed by atoms with van der Waals surface area (Å²) in [6, 6.07) is 7.09. The Hall–Kier alpha value is -2.12. The summed E-state index contributed by atoms with van der Waals surface area (Å²) >= 11 is 0. The third kappa shape index (κ3) is 3.80. The normalized spacial score (nSPS) is 20.3. The number of hydrogen-bond donors (Lipinski definition) is 1. The van der Waals surface area contributed by atoms with Crippen LogP contribution in [0.15, 0.2) is 24.3 Å². The van der Waals surface area contributed by atoms with Crippen LogP contribution in [0.25, 0.3) is 0 Å². The Morgan fingerprint density at radius 3 is 2.30 bits per heavy atom. The lowest BCUT2D eigenvalue weighted by Crippen LogP contribution is -2.56. The molecular weight excluding hydrogens is 344 g/mol. The van der Waals surface area contributed by atoms with E-state index in [4.69, 9.17) is 0 Å². The third-order valence-corrected chi connectivity index (χ3v) is 5.73. The number of phenols is 1. The Morgan fingerprint density at radius 2 is 1.74 bits per heavy atom. The van der Waals surface area contributed by atoms with Gasteiger partial charge in [-0.1, -0.05) is 12.1 Å². The van der Waals surface area contributed by atoms with Crippen LogP contribution >= 0.6 is 0 Å². The highest BCUT2D eigenvalue weighted by Crippen LogP contribution is 2.37. The summed E-state index contributed by atoms with van der Waals surface area (Å²) < 4.78 is 0. The fraction of sp³-hybridized carbons (Fsp3) is 0.600. The summed E-state index contributed by atoms with van der Waals surface area (Å²) in [4.78, 5) is 33.5. The molecule has 3 amide bonds. The molecule has 1 N–H and O–H groups in total. The molecule has 2 aliphatic heterocycles. The van der Waals surface area contributed by atoms with Gasteiger partial charge in [0.1, 0.15) is 11.3 Å². The molecule has 1 aromatic carbocycles. The minimum absolute atomic E-state index is 0.0273. The number of likely N-dealkylation sites (N-methyl/N-ethyl adjacent to an activating group) is 2. The molecule has 7 nitrogen and oxygen atoms in total. The van der Waals surface area contributed by atoms with Gasteiger partial charge in [-0.15, -0.1) is 0 Å². The molecule has 2 fully saturated rings. The van der Waals surface area contributed by atoms with Gasteiger partial charge in [0.15, 0.2) is 0 Å². The fourth-order valence-corrected chi connectivity index (χ4v) is 4.14. The average Bonchev–Trinajstić information content (AvgIpc) is 2.83. The van der Waals surface area contributed by atoms with Crippen LogP contribution in [-0.2, 0) is 11.3 Å². The molecule has 0 atom stereocenters. The molecular formula is C20H30N4O3. The first kappa shape index (κ1) is 19.6. The molecule has 0 aromatic heterocycles. The van der Waals surface area contributed by atoms with Gasteiger partial charge >= 0.3 is 6.03 Å². The number of urea groups is 1. The molecule has 0 aliphatic carbocycles. The number of carbonyl (C=O) groups is 2. The van der Waals surface area contributed by atoms with Crippen LogP contribution < -0.4 is 0 Å². The molecule has 2 aliphatic rings. The first-order valence-electron chi connectivity index (χ1n) is 9.66. The molecule has 3 rings (SSSR count). The predicted molar refractivity (Wildman–Crippen MR) is 103 cm³/mol. The maximum absolute atomic E-state index is 13.2. The lowest BCUT2D eigenvalue weighted by atomic mass is 9.85. The van der Waals surface area contributed by atoms with E-state index < -0.39 is 5.54 Å². The van der Waals surface area contributed by atoms with Gasteiger partial charge in [0.2, 0.25) is 0 Å². The van der Waals surface area contributed by atoms with Crippen molar-refractivity contribution < 1.29 is 14.7 Å². The van der Waals surface area contributed by atoms with E-state index in [1.165, 1.54) is 4.90 Å². The van der Waals surface area contributed by atoms with Crippen LogP contribution in [0, 0.1) is 0 Å². The van der Waals surface area contributed by atoms with Crippen molar-refractivity contribution in [2.45, 2.75) is 31.8 Å². The summed E-state index contributed by atoms with van der Waals surface area (Å²) in [5.41, 5.74) is 0.460. The second-order valence-corrected chi connectivity index (χ2v) is 7.76. The van der Waals surface area contributed by atoms with E-state index >= 15 is 0 Å². The van der Waals surface area contributed by atoms with Crippen molar-refractivity contribution in [2.75, 3.05) is 46.8 Å². The summed E-state index contributed by atoms with van der Waals surface area (Å²) in [5, 5.41) is 9.42. The Bertz CT molecular complexity index is 681. The van der Waals surface area contributed by atoms with Gasteiger partial charge in [0.05, 0.1) is 0 Å². The Balaban J connectivity index is 1.68. The summed E-state index contributed by atoms with van der Waals surface area (Å²) in [6.07, 6.45) is 1.34. The lowest BCUT2D eigenvalue weighted by molar-refractivity contribution is -0.135. The zero-order valence-corrected chi connectivity index (χ0v) is 16.5. The number of likely N-dealkylation sites (tertiary alicyclic amines) is 1. The molecule has 27 heavy (non-hydrogen) atoms. The molecule has 2 saturated heterocycles. The van der Waals surface area contributed by atoms with Gasteiger partial charge in [-0.3, -0.25) is 14.6 Å². The van der Waals surface area contributed by atoms with Crippen LogP contribution in [0.2, 0.25) is 0 Å². The van der Waals surface area contributed by atoms with Crippen molar-refractivity contribution in [2.24, 2.45) is 0 Å². The van der Waals surface area contributed by atoms with Crippen LogP contribution in [0.1, 0.15) is 25.3 Å². The highest BCUT2D eigenvalue weighted by Gasteiger charge is 2.57. The Kier molecular flexibility index (Phi) is 5.72. The monoisotopic (exact) mass is 374 g/mol. The number of benzene rings is 1. The van der Waals surface area contributed by atoms with Crippen LogP contribution in [-0.4, -0.2) is 89.0 Å². The van der Waals surface area contributed by atoms with Crippen LogP contribution in [0.3, 0.4) is 0 Å². The first-order chi connectivity index (χ1) is 12.9. The molecule has 0 bridgehead atoms. The highest BCUT2D eigenvalue weighted by atomic mass is 16.3. The number of carbonyl (C=O) groups excluding carboxylic acids is 2. The first-order valence-corrected chi connectivity index (χ1v) is 9.66. The standard InChI is InChI=1S/C20H30N4O3/c1-4-24-19(27)23(14-13-21(2)3)18(26)20(24)9-11-22(12-10-20)15-16-5-7-17(25)8-6-16/h5-8,25H,4,9-15H2,1-3H3. The van der Waals surface area contributed by atoms with Crippen molar-refractivity contribution in [1.29, 1.82) is 0 Å². The van der Waals surface area contributed by atoms with E-state index in [1.54, 1.807) is 17.0 Å². The maximum Gasteiger partial charge on any atom is 0.327 e. The molecule has 0 saturated carbocycles. The van der Waals surface area contributed by atoms with E-state index in [0.717, 1.165) is 25.2 Å². The van der Waals surface area contributed by atoms with Crippen molar-refractivity contribution in [1.82, 2.24) is 19.6 Å². The average molecular weight is 374 g/mol. The molecule has 1 aromatic rings. The van der Waals surface area contributed by atoms with Gasteiger partial charge in [-0.25, -0.2) is 4.79 Å². The predicted octanol–water partition coefficient (Wildman–Crippen LogP) is 1.57. The SMILES string of the molecule is CCN1C(=O)N(CCN(C)C)C(=O)C12CCN(Cc1ccc(O)cc1)CC2. The number of rotatable bonds is 6. The minimum Gasteiger partial charge on any atom is -0.508 e. The fourth-order valence-electron chi connectivity index (χ4n) is 4.14. The van der Waals surface area contributed by atoms with E-state index in [1.807, 2.05) is 38.1 Å². The molecule has 148 valence electrons. The van der Waals surface area contributed by atoms with Crippen molar-refractivity contribution in [3.05, 3.63) is 29.8 Å². The number of imide groups is 1. The number of aromatic hydroxyl groups is 1. The molecule has 0 radical (unpaired) electrons. The second kappa shape index (κ2) is 7.86. The van der Waals surface area contributed by atoms with Crippen molar-refractivity contribution in [3.63, 3.8) is 0 Å². The van der Waals surface area contributed by atoms with Crippen molar-refractivity contribution in [3.8, 4) is 5.75 Å². The molecule has 7 heteroatoms. The lowest BCUT2D eigenvalue weighted by Gasteiger charge is -2.42. The minimum atomic E-state index is -0.677. The largest absolute Gasteiger partial charge is 0.508 e. The van der Waals surface area contributed by atoms with E-state index in [2.05, 4.69) is 4.90 Å². The zero-order valence-electron chi connectivity index (χ0n) is 16.5.